The quantitative estimate of drug-likeness (QED) is 0.812. The molecule has 0 saturated carbocycles. The summed E-state index contributed by atoms with van der Waals surface area (Å²) >= 11 is 0. The second-order valence-electron chi connectivity index (χ2n) is 3.31. The summed E-state index contributed by atoms with van der Waals surface area (Å²) in [6, 6.07) is 5.94. The van der Waals surface area contributed by atoms with Crippen LogP contribution in [-0.2, 0) is 9.53 Å². The van der Waals surface area contributed by atoms with E-state index in [0.717, 1.165) is 0 Å². The number of rotatable bonds is 5. The van der Waals surface area contributed by atoms with Crippen molar-refractivity contribution in [2.75, 3.05) is 13.7 Å². The summed E-state index contributed by atoms with van der Waals surface area (Å²) < 4.78 is 17.8. The molecule has 3 nitrogen and oxygen atoms in total. The fourth-order valence-corrected chi connectivity index (χ4v) is 1.45. The normalized spacial score (nSPS) is 12.4. The second kappa shape index (κ2) is 5.46. The smallest absolute Gasteiger partial charge is 0.304 e. The van der Waals surface area contributed by atoms with Gasteiger partial charge in [-0.3, -0.25) is 4.79 Å². The predicted molar refractivity (Wildman–Crippen MR) is 53.3 cm³/mol. The Labute approximate surface area is 87.5 Å². The van der Waals surface area contributed by atoms with Gasteiger partial charge in [-0.15, -0.1) is 0 Å². The standard InChI is InChI=1S/C11H13FO3/c1-15-7-9(6-11(13)14)8-3-2-4-10(12)5-8/h2-5,9H,6-7H2,1H3,(H,13,14). The van der Waals surface area contributed by atoms with E-state index in [2.05, 4.69) is 0 Å². The molecule has 0 aliphatic rings. The summed E-state index contributed by atoms with van der Waals surface area (Å²) in [5.74, 6) is -1.58. The summed E-state index contributed by atoms with van der Waals surface area (Å²) in [7, 11) is 1.49. The molecule has 1 aromatic carbocycles. The van der Waals surface area contributed by atoms with Crippen LogP contribution < -0.4 is 0 Å². The van der Waals surface area contributed by atoms with E-state index in [0.29, 0.717) is 5.56 Å². The fraction of sp³-hybridized carbons (Fsp3) is 0.364. The zero-order valence-corrected chi connectivity index (χ0v) is 8.44. The minimum Gasteiger partial charge on any atom is -0.481 e. The minimum atomic E-state index is -0.915. The van der Waals surface area contributed by atoms with Crippen molar-refractivity contribution in [3.8, 4) is 0 Å². The van der Waals surface area contributed by atoms with Crippen LogP contribution in [0.25, 0.3) is 0 Å². The molecule has 82 valence electrons. The second-order valence-corrected chi connectivity index (χ2v) is 3.31. The number of carbonyl (C=O) groups is 1. The minimum absolute atomic E-state index is 0.0582. The Hall–Kier alpha value is -1.42. The van der Waals surface area contributed by atoms with Gasteiger partial charge in [0.25, 0.3) is 0 Å². The van der Waals surface area contributed by atoms with E-state index < -0.39 is 5.97 Å². The Morgan fingerprint density at radius 3 is 2.87 bits per heavy atom. The molecule has 1 unspecified atom stereocenters. The first-order valence-corrected chi connectivity index (χ1v) is 4.59. The molecule has 1 atom stereocenters. The van der Waals surface area contributed by atoms with Gasteiger partial charge in [0.2, 0.25) is 0 Å². The van der Waals surface area contributed by atoms with Crippen LogP contribution in [0.3, 0.4) is 0 Å². The summed E-state index contributed by atoms with van der Waals surface area (Å²) in [4.78, 5) is 10.6. The predicted octanol–water partition coefficient (Wildman–Crippen LogP) is 2.03. The van der Waals surface area contributed by atoms with Gasteiger partial charge < -0.3 is 9.84 Å². The van der Waals surface area contributed by atoms with E-state index in [1.54, 1.807) is 12.1 Å². The lowest BCUT2D eigenvalue weighted by molar-refractivity contribution is -0.137. The molecule has 0 bridgehead atoms. The van der Waals surface area contributed by atoms with E-state index >= 15 is 0 Å². The molecule has 0 spiro atoms. The third-order valence-electron chi connectivity index (χ3n) is 2.11. The number of benzene rings is 1. The van der Waals surface area contributed by atoms with Crippen LogP contribution in [0.5, 0.6) is 0 Å². The molecule has 0 radical (unpaired) electrons. The van der Waals surface area contributed by atoms with Gasteiger partial charge in [0.15, 0.2) is 0 Å². The van der Waals surface area contributed by atoms with Crippen LogP contribution in [0.15, 0.2) is 24.3 Å². The molecule has 15 heavy (non-hydrogen) atoms. The monoisotopic (exact) mass is 212 g/mol. The van der Waals surface area contributed by atoms with E-state index in [1.807, 2.05) is 0 Å². The molecule has 0 aliphatic carbocycles. The Morgan fingerprint density at radius 1 is 1.60 bits per heavy atom. The largest absolute Gasteiger partial charge is 0.481 e. The van der Waals surface area contributed by atoms with Gasteiger partial charge in [-0.05, 0) is 17.7 Å². The summed E-state index contributed by atoms with van der Waals surface area (Å²) in [6.45, 7) is 0.274. The third kappa shape index (κ3) is 3.67. The fourth-order valence-electron chi connectivity index (χ4n) is 1.45. The van der Waals surface area contributed by atoms with E-state index in [-0.39, 0.29) is 24.8 Å². The zero-order chi connectivity index (χ0) is 11.3. The van der Waals surface area contributed by atoms with E-state index in [4.69, 9.17) is 9.84 Å². The Kier molecular flexibility index (Phi) is 4.24. The van der Waals surface area contributed by atoms with Crippen molar-refractivity contribution in [1.82, 2.24) is 0 Å². The number of halogens is 1. The van der Waals surface area contributed by atoms with Crippen LogP contribution in [0, 0.1) is 5.82 Å². The van der Waals surface area contributed by atoms with Gasteiger partial charge in [-0.2, -0.15) is 0 Å². The first kappa shape index (κ1) is 11.7. The molecule has 0 amide bonds. The van der Waals surface area contributed by atoms with Crippen LogP contribution in [0.2, 0.25) is 0 Å². The van der Waals surface area contributed by atoms with Crippen molar-refractivity contribution >= 4 is 5.97 Å². The van der Waals surface area contributed by atoms with Crippen molar-refractivity contribution in [2.45, 2.75) is 12.3 Å². The summed E-state index contributed by atoms with van der Waals surface area (Å²) in [5, 5.41) is 8.69. The highest BCUT2D eigenvalue weighted by Crippen LogP contribution is 2.20. The first-order valence-electron chi connectivity index (χ1n) is 4.59. The van der Waals surface area contributed by atoms with Gasteiger partial charge in [-0.1, -0.05) is 12.1 Å². The number of hydrogen-bond acceptors (Lipinski definition) is 2. The molecular formula is C11H13FO3. The van der Waals surface area contributed by atoms with Gasteiger partial charge in [0, 0.05) is 13.0 Å². The number of hydrogen-bond donors (Lipinski definition) is 1. The molecular weight excluding hydrogens is 199 g/mol. The molecule has 1 N–H and O–H groups in total. The maximum absolute atomic E-state index is 12.9. The van der Waals surface area contributed by atoms with Crippen molar-refractivity contribution < 1.29 is 19.0 Å². The average molecular weight is 212 g/mol. The van der Waals surface area contributed by atoms with E-state index in [1.165, 1.54) is 19.2 Å². The lowest BCUT2D eigenvalue weighted by Gasteiger charge is -2.13. The molecule has 0 aromatic heterocycles. The maximum Gasteiger partial charge on any atom is 0.304 e. The highest BCUT2D eigenvalue weighted by molar-refractivity contribution is 5.68. The highest BCUT2D eigenvalue weighted by Gasteiger charge is 2.15. The van der Waals surface area contributed by atoms with Gasteiger partial charge >= 0.3 is 5.97 Å². The lowest BCUT2D eigenvalue weighted by Crippen LogP contribution is -2.11. The molecule has 0 fully saturated rings. The average Bonchev–Trinajstić information content (AvgIpc) is 2.16. The maximum atomic E-state index is 12.9. The molecule has 0 heterocycles. The van der Waals surface area contributed by atoms with Crippen LogP contribution in [0.1, 0.15) is 17.9 Å². The Morgan fingerprint density at radius 2 is 2.33 bits per heavy atom. The van der Waals surface area contributed by atoms with Crippen LogP contribution in [-0.4, -0.2) is 24.8 Å². The lowest BCUT2D eigenvalue weighted by atomic mass is 9.96. The number of aliphatic carboxylic acids is 1. The number of ether oxygens (including phenoxy) is 1. The molecule has 0 aliphatic heterocycles. The summed E-state index contributed by atoms with van der Waals surface area (Å²) in [6.07, 6.45) is -0.0582. The van der Waals surface area contributed by atoms with Crippen molar-refractivity contribution in [3.05, 3.63) is 35.6 Å². The molecule has 1 rings (SSSR count). The first-order chi connectivity index (χ1) is 7.13. The van der Waals surface area contributed by atoms with Gasteiger partial charge in [-0.25, -0.2) is 4.39 Å². The third-order valence-corrected chi connectivity index (χ3v) is 2.11. The van der Waals surface area contributed by atoms with Crippen molar-refractivity contribution in [2.24, 2.45) is 0 Å². The number of methoxy groups -OCH3 is 1. The van der Waals surface area contributed by atoms with E-state index in [9.17, 15) is 9.18 Å². The van der Waals surface area contributed by atoms with Crippen LogP contribution in [0.4, 0.5) is 4.39 Å². The van der Waals surface area contributed by atoms with Gasteiger partial charge in [0.05, 0.1) is 13.0 Å². The van der Waals surface area contributed by atoms with Gasteiger partial charge in [0.1, 0.15) is 5.82 Å². The SMILES string of the molecule is COCC(CC(=O)O)c1cccc(F)c1. The number of carboxylic acids is 1. The molecule has 0 saturated heterocycles. The highest BCUT2D eigenvalue weighted by atomic mass is 19.1. The zero-order valence-electron chi connectivity index (χ0n) is 8.44. The Balaban J connectivity index is 2.83. The Bertz CT molecular complexity index is 338. The summed E-state index contributed by atoms with van der Waals surface area (Å²) in [5.41, 5.74) is 0.652. The molecule has 1 aromatic rings. The topological polar surface area (TPSA) is 46.5 Å². The molecule has 4 heteroatoms. The van der Waals surface area contributed by atoms with Crippen molar-refractivity contribution in [1.29, 1.82) is 0 Å². The van der Waals surface area contributed by atoms with Crippen LogP contribution >= 0.6 is 0 Å². The number of carboxylic acid groups (broad SMARTS) is 1. The van der Waals surface area contributed by atoms with Crippen molar-refractivity contribution in [3.63, 3.8) is 0 Å².